The van der Waals surface area contributed by atoms with Gasteiger partial charge in [0.15, 0.2) is 0 Å². The van der Waals surface area contributed by atoms with Crippen LogP contribution < -0.4 is 0 Å². The van der Waals surface area contributed by atoms with Crippen molar-refractivity contribution in [1.82, 2.24) is 4.90 Å². The zero-order valence-electron chi connectivity index (χ0n) is 11.4. The van der Waals surface area contributed by atoms with Crippen LogP contribution in [0.25, 0.3) is 5.70 Å². The first-order valence-corrected chi connectivity index (χ1v) is 8.31. The molecule has 1 amide bonds. The second-order valence-corrected chi connectivity index (χ2v) is 7.20. The minimum absolute atomic E-state index is 0.174. The van der Waals surface area contributed by atoms with Gasteiger partial charge in [0.05, 0.1) is 5.75 Å². The third kappa shape index (κ3) is 2.97. The Kier molecular flexibility index (Phi) is 3.87. The quantitative estimate of drug-likeness (QED) is 0.876. The van der Waals surface area contributed by atoms with Gasteiger partial charge in [0, 0.05) is 23.1 Å². The van der Waals surface area contributed by atoms with Crippen LogP contribution in [0.1, 0.15) is 22.3 Å². The summed E-state index contributed by atoms with van der Waals surface area (Å²) in [6, 6.07) is 5.45. The third-order valence-corrected chi connectivity index (χ3v) is 4.31. The van der Waals surface area contributed by atoms with Crippen LogP contribution in [0.15, 0.2) is 30.8 Å². The lowest BCUT2D eigenvalue weighted by atomic mass is 10.1. The van der Waals surface area contributed by atoms with Crippen molar-refractivity contribution in [3.05, 3.63) is 42.0 Å². The molecule has 0 saturated carbocycles. The predicted molar refractivity (Wildman–Crippen MR) is 77.4 cm³/mol. The van der Waals surface area contributed by atoms with E-state index in [1.54, 1.807) is 24.3 Å². The molecule has 0 saturated heterocycles. The summed E-state index contributed by atoms with van der Waals surface area (Å²) in [6.07, 6.45) is 0.855. The second-order valence-electron chi connectivity index (χ2n) is 4.94. The highest BCUT2D eigenvalue weighted by atomic mass is 32.2. The summed E-state index contributed by atoms with van der Waals surface area (Å²) < 4.78 is 22.5. The number of hydrogen-bond acceptors (Lipinski definition) is 4. The standard InChI is InChI=1S/C14H15NO5S/c1-9-10-5-3-4-6-11(10)13(16)15(9)12(14(17)18)7-8-21(2,19)20/h3-6,12H,1,7-8H2,2H3,(H,17,18). The van der Waals surface area contributed by atoms with E-state index < -0.39 is 27.8 Å². The Morgan fingerprint density at radius 3 is 2.38 bits per heavy atom. The minimum Gasteiger partial charge on any atom is -0.480 e. The first kappa shape index (κ1) is 15.2. The molecular weight excluding hydrogens is 294 g/mol. The molecule has 21 heavy (non-hydrogen) atoms. The molecule has 0 bridgehead atoms. The maximum Gasteiger partial charge on any atom is 0.326 e. The van der Waals surface area contributed by atoms with E-state index in [1.165, 1.54) is 0 Å². The first-order chi connectivity index (χ1) is 9.72. The van der Waals surface area contributed by atoms with Gasteiger partial charge in [-0.3, -0.25) is 9.69 Å². The van der Waals surface area contributed by atoms with Crippen molar-refractivity contribution >= 4 is 27.4 Å². The van der Waals surface area contributed by atoms with Crippen LogP contribution >= 0.6 is 0 Å². The van der Waals surface area contributed by atoms with Crippen LogP contribution in [0.4, 0.5) is 0 Å². The lowest BCUT2D eigenvalue weighted by molar-refractivity contribution is -0.141. The van der Waals surface area contributed by atoms with Gasteiger partial charge in [-0.15, -0.1) is 0 Å². The zero-order valence-corrected chi connectivity index (χ0v) is 12.3. The van der Waals surface area contributed by atoms with E-state index in [1.807, 2.05) is 0 Å². The van der Waals surface area contributed by atoms with Gasteiger partial charge in [-0.2, -0.15) is 0 Å². The SMILES string of the molecule is C=C1c2ccccc2C(=O)N1C(CCS(C)(=O)=O)C(=O)O. The van der Waals surface area contributed by atoms with Crippen molar-refractivity contribution in [2.45, 2.75) is 12.5 Å². The van der Waals surface area contributed by atoms with Crippen LogP contribution in [0.2, 0.25) is 0 Å². The molecule has 0 radical (unpaired) electrons. The highest BCUT2D eigenvalue weighted by Gasteiger charge is 2.39. The smallest absolute Gasteiger partial charge is 0.326 e. The number of carbonyl (C=O) groups excluding carboxylic acids is 1. The molecule has 1 aliphatic rings. The number of hydrogen-bond donors (Lipinski definition) is 1. The molecule has 1 aromatic rings. The van der Waals surface area contributed by atoms with Crippen LogP contribution in [0.5, 0.6) is 0 Å². The van der Waals surface area contributed by atoms with Gasteiger partial charge in [-0.05, 0) is 12.5 Å². The second kappa shape index (κ2) is 5.33. The highest BCUT2D eigenvalue weighted by molar-refractivity contribution is 7.90. The molecule has 7 heteroatoms. The summed E-state index contributed by atoms with van der Waals surface area (Å²) in [7, 11) is -3.32. The van der Waals surface area contributed by atoms with Crippen molar-refractivity contribution in [2.24, 2.45) is 0 Å². The third-order valence-electron chi connectivity index (χ3n) is 3.34. The topological polar surface area (TPSA) is 91.8 Å². The molecule has 6 nitrogen and oxygen atoms in total. The molecule has 0 aromatic heterocycles. The van der Waals surface area contributed by atoms with Crippen LogP contribution in [0.3, 0.4) is 0 Å². The Hall–Kier alpha value is -2.15. The fourth-order valence-electron chi connectivity index (χ4n) is 2.32. The van der Waals surface area contributed by atoms with Gasteiger partial charge in [-0.25, -0.2) is 13.2 Å². The molecule has 1 aliphatic heterocycles. The maximum absolute atomic E-state index is 12.3. The minimum atomic E-state index is -3.32. The highest BCUT2D eigenvalue weighted by Crippen LogP contribution is 2.33. The van der Waals surface area contributed by atoms with E-state index in [9.17, 15) is 23.1 Å². The number of carbonyl (C=O) groups is 2. The lowest BCUT2D eigenvalue weighted by Crippen LogP contribution is -2.41. The van der Waals surface area contributed by atoms with Crippen molar-refractivity contribution in [1.29, 1.82) is 0 Å². The fourth-order valence-corrected chi connectivity index (χ4v) is 2.97. The molecule has 1 aromatic carbocycles. The van der Waals surface area contributed by atoms with Gasteiger partial charge < -0.3 is 5.11 Å². The van der Waals surface area contributed by atoms with Gasteiger partial charge in [0.2, 0.25) is 0 Å². The van der Waals surface area contributed by atoms with Crippen LogP contribution in [0, 0.1) is 0 Å². The number of rotatable bonds is 5. The average Bonchev–Trinajstić information content (AvgIpc) is 2.63. The summed E-state index contributed by atoms with van der Waals surface area (Å²) >= 11 is 0. The molecule has 1 heterocycles. The van der Waals surface area contributed by atoms with Crippen LogP contribution in [-0.4, -0.2) is 48.4 Å². The summed E-state index contributed by atoms with van der Waals surface area (Å²) in [5.41, 5.74) is 1.25. The van der Waals surface area contributed by atoms with Crippen molar-refractivity contribution in [3.63, 3.8) is 0 Å². The van der Waals surface area contributed by atoms with Crippen molar-refractivity contribution < 1.29 is 23.1 Å². The molecule has 1 N–H and O–H groups in total. The number of fused-ring (bicyclic) bond motifs is 1. The number of carboxylic acid groups (broad SMARTS) is 1. The molecule has 0 aliphatic carbocycles. The Bertz CT molecular complexity index is 688. The van der Waals surface area contributed by atoms with Gasteiger partial charge in [0.1, 0.15) is 15.9 Å². The van der Waals surface area contributed by atoms with Gasteiger partial charge >= 0.3 is 5.97 Å². The monoisotopic (exact) mass is 309 g/mol. The Labute approximate surface area is 122 Å². The van der Waals surface area contributed by atoms with E-state index in [0.717, 1.165) is 11.2 Å². The molecule has 0 fully saturated rings. The summed E-state index contributed by atoms with van der Waals surface area (Å²) in [4.78, 5) is 24.8. The Morgan fingerprint density at radius 1 is 1.33 bits per heavy atom. The summed E-state index contributed by atoms with van der Waals surface area (Å²) in [5.74, 6) is -2.02. The number of amides is 1. The normalized spacial score (nSPS) is 16.0. The van der Waals surface area contributed by atoms with E-state index in [-0.39, 0.29) is 17.9 Å². The van der Waals surface area contributed by atoms with Crippen molar-refractivity contribution in [2.75, 3.05) is 12.0 Å². The van der Waals surface area contributed by atoms with E-state index in [4.69, 9.17) is 0 Å². The maximum atomic E-state index is 12.3. The van der Waals surface area contributed by atoms with Gasteiger partial charge in [-0.1, -0.05) is 24.8 Å². The predicted octanol–water partition coefficient (Wildman–Crippen LogP) is 1.00. The van der Waals surface area contributed by atoms with Gasteiger partial charge in [0.25, 0.3) is 5.91 Å². The first-order valence-electron chi connectivity index (χ1n) is 6.25. The largest absolute Gasteiger partial charge is 0.480 e. The van der Waals surface area contributed by atoms with E-state index >= 15 is 0 Å². The molecule has 1 atom stereocenters. The number of aliphatic carboxylic acids is 1. The van der Waals surface area contributed by atoms with Crippen LogP contribution in [-0.2, 0) is 14.6 Å². The molecular formula is C14H15NO5S. The summed E-state index contributed by atoms with van der Waals surface area (Å²) in [6.45, 7) is 3.77. The number of sulfone groups is 1. The molecule has 1 unspecified atom stereocenters. The average molecular weight is 309 g/mol. The van der Waals surface area contributed by atoms with E-state index in [0.29, 0.717) is 11.1 Å². The molecule has 112 valence electrons. The molecule has 0 spiro atoms. The number of nitrogens with zero attached hydrogens (tertiary/aromatic N) is 1. The number of carboxylic acids is 1. The summed E-state index contributed by atoms with van der Waals surface area (Å²) in [5, 5.41) is 9.32. The fraction of sp³-hybridized carbons (Fsp3) is 0.286. The molecule has 2 rings (SSSR count). The Morgan fingerprint density at radius 2 is 1.90 bits per heavy atom. The number of benzene rings is 1. The Balaban J connectivity index is 2.33. The van der Waals surface area contributed by atoms with E-state index in [2.05, 4.69) is 6.58 Å². The lowest BCUT2D eigenvalue weighted by Gasteiger charge is -2.25. The van der Waals surface area contributed by atoms with Crippen molar-refractivity contribution in [3.8, 4) is 0 Å². The zero-order chi connectivity index (χ0) is 15.8.